The Morgan fingerprint density at radius 2 is 1.95 bits per heavy atom. The fraction of sp³-hybridized carbons (Fsp3) is 0.938. The monoisotopic (exact) mass is 410 g/mol. The highest BCUT2D eigenvalue weighted by atomic mass is 127. The lowest BCUT2D eigenvalue weighted by molar-refractivity contribution is 0.220. The van der Waals surface area contributed by atoms with Crippen LogP contribution in [-0.4, -0.2) is 50.6 Å². The molecule has 0 radical (unpaired) electrons. The van der Waals surface area contributed by atoms with Crippen LogP contribution in [0, 0.1) is 5.92 Å². The Balaban J connectivity index is 0.00000400. The molecule has 0 spiro atoms. The SMILES string of the molecule is CCCCCC(C)NC(=NC)NCC1CCN(C)CC1.I. The van der Waals surface area contributed by atoms with Gasteiger partial charge in [0, 0.05) is 19.6 Å². The number of guanidine groups is 1. The molecule has 0 bridgehead atoms. The highest BCUT2D eigenvalue weighted by Gasteiger charge is 2.16. The van der Waals surface area contributed by atoms with E-state index < -0.39 is 0 Å². The van der Waals surface area contributed by atoms with Crippen LogP contribution in [0.15, 0.2) is 4.99 Å². The number of rotatable bonds is 7. The number of nitrogens with zero attached hydrogens (tertiary/aromatic N) is 2. The molecule has 1 aliphatic heterocycles. The minimum atomic E-state index is 0. The van der Waals surface area contributed by atoms with Crippen molar-refractivity contribution in [1.82, 2.24) is 15.5 Å². The van der Waals surface area contributed by atoms with Gasteiger partial charge in [-0.2, -0.15) is 0 Å². The van der Waals surface area contributed by atoms with Crippen molar-refractivity contribution < 1.29 is 0 Å². The molecule has 0 amide bonds. The predicted octanol–water partition coefficient (Wildman–Crippen LogP) is 3.08. The first-order valence-corrected chi connectivity index (χ1v) is 8.31. The third-order valence-electron chi connectivity index (χ3n) is 4.24. The van der Waals surface area contributed by atoms with Crippen LogP contribution >= 0.6 is 24.0 Å². The fourth-order valence-electron chi connectivity index (χ4n) is 2.71. The second-order valence-corrected chi connectivity index (χ2v) is 6.24. The van der Waals surface area contributed by atoms with Gasteiger partial charge in [0.25, 0.3) is 0 Å². The van der Waals surface area contributed by atoms with Gasteiger partial charge in [-0.3, -0.25) is 4.99 Å². The first-order chi connectivity index (χ1) is 9.65. The zero-order chi connectivity index (χ0) is 14.8. The van der Waals surface area contributed by atoms with Crippen LogP contribution in [0.1, 0.15) is 52.4 Å². The average molecular weight is 410 g/mol. The number of hydrogen-bond acceptors (Lipinski definition) is 2. The van der Waals surface area contributed by atoms with Gasteiger partial charge in [0.1, 0.15) is 0 Å². The number of likely N-dealkylation sites (tertiary alicyclic amines) is 1. The van der Waals surface area contributed by atoms with E-state index in [-0.39, 0.29) is 24.0 Å². The highest BCUT2D eigenvalue weighted by molar-refractivity contribution is 14.0. The molecule has 0 aromatic carbocycles. The minimum absolute atomic E-state index is 0. The van der Waals surface area contributed by atoms with Crippen molar-refractivity contribution in [3.8, 4) is 0 Å². The van der Waals surface area contributed by atoms with Crippen molar-refractivity contribution in [3.63, 3.8) is 0 Å². The third-order valence-corrected chi connectivity index (χ3v) is 4.24. The Bertz CT molecular complexity index is 275. The number of nitrogens with one attached hydrogen (secondary N) is 2. The van der Waals surface area contributed by atoms with Crippen LogP contribution in [0.25, 0.3) is 0 Å². The molecule has 21 heavy (non-hydrogen) atoms. The zero-order valence-corrected chi connectivity index (χ0v) is 16.7. The Hall–Kier alpha value is -0.0400. The maximum absolute atomic E-state index is 4.34. The van der Waals surface area contributed by atoms with E-state index in [2.05, 4.69) is 41.4 Å². The van der Waals surface area contributed by atoms with Gasteiger partial charge in [-0.15, -0.1) is 24.0 Å². The summed E-state index contributed by atoms with van der Waals surface area (Å²) < 4.78 is 0. The summed E-state index contributed by atoms with van der Waals surface area (Å²) in [7, 11) is 4.07. The molecule has 0 saturated carbocycles. The summed E-state index contributed by atoms with van der Waals surface area (Å²) in [4.78, 5) is 6.76. The van der Waals surface area contributed by atoms with Gasteiger partial charge in [0.2, 0.25) is 0 Å². The molecule has 126 valence electrons. The molecule has 0 aliphatic carbocycles. The quantitative estimate of drug-likeness (QED) is 0.293. The molecule has 1 saturated heterocycles. The van der Waals surface area contributed by atoms with E-state index in [1.54, 1.807) is 0 Å². The molecule has 1 unspecified atom stereocenters. The standard InChI is InChI=1S/C16H34N4.HI/c1-5-6-7-8-14(2)19-16(17-3)18-13-15-9-11-20(4)12-10-15;/h14-15H,5-13H2,1-4H3,(H2,17,18,19);1H. The fourth-order valence-corrected chi connectivity index (χ4v) is 2.71. The van der Waals surface area contributed by atoms with Crippen molar-refractivity contribution in [2.75, 3.05) is 33.7 Å². The van der Waals surface area contributed by atoms with Crippen molar-refractivity contribution in [2.24, 2.45) is 10.9 Å². The van der Waals surface area contributed by atoms with Gasteiger partial charge in [-0.05, 0) is 52.2 Å². The van der Waals surface area contributed by atoms with E-state index in [4.69, 9.17) is 0 Å². The Morgan fingerprint density at radius 3 is 2.52 bits per heavy atom. The van der Waals surface area contributed by atoms with Crippen LogP contribution < -0.4 is 10.6 Å². The number of halogens is 1. The summed E-state index contributed by atoms with van der Waals surface area (Å²) in [6, 6.07) is 0.505. The number of aliphatic imine (C=N–C) groups is 1. The van der Waals surface area contributed by atoms with Crippen molar-refractivity contribution >= 4 is 29.9 Å². The summed E-state index contributed by atoms with van der Waals surface area (Å²) in [5.41, 5.74) is 0. The topological polar surface area (TPSA) is 39.7 Å². The Labute approximate surface area is 148 Å². The van der Waals surface area contributed by atoms with Gasteiger partial charge >= 0.3 is 0 Å². The summed E-state index contributed by atoms with van der Waals surface area (Å²) in [5, 5.41) is 7.00. The lowest BCUT2D eigenvalue weighted by atomic mass is 9.97. The van der Waals surface area contributed by atoms with Gasteiger partial charge in [-0.25, -0.2) is 0 Å². The molecule has 1 rings (SSSR count). The molecule has 4 nitrogen and oxygen atoms in total. The summed E-state index contributed by atoms with van der Waals surface area (Å²) in [5.74, 6) is 1.76. The number of hydrogen-bond donors (Lipinski definition) is 2. The Kier molecular flexibility index (Phi) is 12.5. The summed E-state index contributed by atoms with van der Waals surface area (Å²) >= 11 is 0. The molecule has 1 heterocycles. The maximum atomic E-state index is 4.34. The Morgan fingerprint density at radius 1 is 1.29 bits per heavy atom. The second-order valence-electron chi connectivity index (χ2n) is 6.24. The van der Waals surface area contributed by atoms with E-state index in [1.165, 1.54) is 51.6 Å². The van der Waals surface area contributed by atoms with Crippen LogP contribution in [0.4, 0.5) is 0 Å². The normalized spacial score (nSPS) is 19.0. The molecular weight excluding hydrogens is 375 g/mol. The lowest BCUT2D eigenvalue weighted by Gasteiger charge is -2.29. The molecule has 0 aromatic rings. The molecule has 1 aliphatic rings. The number of piperidine rings is 1. The van der Waals surface area contributed by atoms with Gasteiger partial charge in [0.15, 0.2) is 5.96 Å². The second kappa shape index (κ2) is 12.5. The minimum Gasteiger partial charge on any atom is -0.356 e. The largest absolute Gasteiger partial charge is 0.356 e. The van der Waals surface area contributed by atoms with Crippen molar-refractivity contribution in [2.45, 2.75) is 58.4 Å². The molecule has 2 N–H and O–H groups in total. The number of unbranched alkanes of at least 4 members (excludes halogenated alkanes) is 2. The van der Waals surface area contributed by atoms with Crippen LogP contribution in [0.3, 0.4) is 0 Å². The lowest BCUT2D eigenvalue weighted by Crippen LogP contribution is -2.45. The van der Waals surface area contributed by atoms with Crippen molar-refractivity contribution in [3.05, 3.63) is 0 Å². The van der Waals surface area contributed by atoms with Crippen LogP contribution in [0.2, 0.25) is 0 Å². The molecular formula is C16H35IN4. The van der Waals surface area contributed by atoms with Gasteiger partial charge < -0.3 is 15.5 Å². The average Bonchev–Trinajstić information content (AvgIpc) is 2.45. The molecule has 1 atom stereocenters. The molecule has 1 fully saturated rings. The maximum Gasteiger partial charge on any atom is 0.191 e. The van der Waals surface area contributed by atoms with E-state index in [0.29, 0.717) is 6.04 Å². The van der Waals surface area contributed by atoms with Gasteiger partial charge in [0.05, 0.1) is 0 Å². The third kappa shape index (κ3) is 9.55. The van der Waals surface area contributed by atoms with E-state index in [0.717, 1.165) is 18.4 Å². The van der Waals surface area contributed by atoms with Crippen molar-refractivity contribution in [1.29, 1.82) is 0 Å². The van der Waals surface area contributed by atoms with Crippen LogP contribution in [0.5, 0.6) is 0 Å². The first kappa shape index (κ1) is 21.0. The predicted molar refractivity (Wildman–Crippen MR) is 104 cm³/mol. The van der Waals surface area contributed by atoms with Crippen LogP contribution in [-0.2, 0) is 0 Å². The van der Waals surface area contributed by atoms with Gasteiger partial charge in [-0.1, -0.05) is 26.2 Å². The zero-order valence-electron chi connectivity index (χ0n) is 14.3. The van der Waals surface area contributed by atoms with E-state index >= 15 is 0 Å². The molecule has 5 heteroatoms. The molecule has 0 aromatic heterocycles. The smallest absolute Gasteiger partial charge is 0.191 e. The summed E-state index contributed by atoms with van der Waals surface area (Å²) in [6.45, 7) is 8.01. The first-order valence-electron chi connectivity index (χ1n) is 8.31. The summed E-state index contributed by atoms with van der Waals surface area (Å²) in [6.07, 6.45) is 7.74. The van der Waals surface area contributed by atoms with E-state index in [1.807, 2.05) is 7.05 Å². The van der Waals surface area contributed by atoms with E-state index in [9.17, 15) is 0 Å². The highest BCUT2D eigenvalue weighted by Crippen LogP contribution is 2.14.